The highest BCUT2D eigenvalue weighted by atomic mass is 35.5. The van der Waals surface area contributed by atoms with Crippen LogP contribution in [0, 0.1) is 0 Å². The summed E-state index contributed by atoms with van der Waals surface area (Å²) in [6.07, 6.45) is 2.97. The number of pyridine rings is 1. The fourth-order valence-corrected chi connectivity index (χ4v) is 2.08. The molecule has 2 N–H and O–H groups in total. The van der Waals surface area contributed by atoms with Crippen molar-refractivity contribution in [2.24, 2.45) is 0 Å². The van der Waals surface area contributed by atoms with Gasteiger partial charge in [-0.2, -0.15) is 0 Å². The first kappa shape index (κ1) is 17.3. The first-order valence-electron chi connectivity index (χ1n) is 7.10. The normalized spacial score (nSPS) is 10.6. The molecule has 6 heteroatoms. The molecular formula is C14H23Cl2N3O. The van der Waals surface area contributed by atoms with Gasteiger partial charge >= 0.3 is 0 Å². The number of halogens is 2. The molecule has 0 bridgehead atoms. The van der Waals surface area contributed by atoms with Crippen molar-refractivity contribution in [3.8, 4) is 0 Å². The third-order valence-electron chi connectivity index (χ3n) is 2.58. The SMILES string of the molecule is CCCNc1nc(NCCCOCCC)c(Cl)cc1Cl. The lowest BCUT2D eigenvalue weighted by atomic mass is 10.4. The van der Waals surface area contributed by atoms with Crippen molar-refractivity contribution in [2.45, 2.75) is 33.1 Å². The van der Waals surface area contributed by atoms with Gasteiger partial charge in [-0.05, 0) is 25.3 Å². The second kappa shape index (κ2) is 10.1. The Labute approximate surface area is 131 Å². The summed E-state index contributed by atoms with van der Waals surface area (Å²) in [4.78, 5) is 4.42. The van der Waals surface area contributed by atoms with Gasteiger partial charge in [0.15, 0.2) is 0 Å². The predicted octanol–water partition coefficient (Wildman–Crippen LogP) is 4.44. The molecule has 0 saturated heterocycles. The first-order chi connectivity index (χ1) is 9.69. The summed E-state index contributed by atoms with van der Waals surface area (Å²) in [5.41, 5.74) is 0. The van der Waals surface area contributed by atoms with Crippen molar-refractivity contribution < 1.29 is 4.74 Å². The highest BCUT2D eigenvalue weighted by Crippen LogP contribution is 2.29. The minimum absolute atomic E-state index is 0.534. The monoisotopic (exact) mass is 319 g/mol. The molecule has 114 valence electrons. The fraction of sp³-hybridized carbons (Fsp3) is 0.643. The molecule has 1 heterocycles. The van der Waals surface area contributed by atoms with Gasteiger partial charge in [0.25, 0.3) is 0 Å². The molecule has 1 aromatic heterocycles. The van der Waals surface area contributed by atoms with E-state index in [0.29, 0.717) is 21.7 Å². The number of aromatic nitrogens is 1. The Hall–Kier alpha value is -0.710. The van der Waals surface area contributed by atoms with Crippen LogP contribution in [0.3, 0.4) is 0 Å². The minimum Gasteiger partial charge on any atom is -0.381 e. The maximum atomic E-state index is 6.13. The van der Waals surface area contributed by atoms with Crippen molar-refractivity contribution in [1.29, 1.82) is 0 Å². The van der Waals surface area contributed by atoms with Crippen LogP contribution in [0.25, 0.3) is 0 Å². The smallest absolute Gasteiger partial charge is 0.147 e. The van der Waals surface area contributed by atoms with E-state index in [0.717, 1.165) is 45.6 Å². The third-order valence-corrected chi connectivity index (χ3v) is 3.15. The highest BCUT2D eigenvalue weighted by molar-refractivity contribution is 6.37. The number of anilines is 2. The third kappa shape index (κ3) is 6.16. The number of rotatable bonds is 10. The Balaban J connectivity index is 2.47. The molecule has 0 aromatic carbocycles. The summed E-state index contributed by atoms with van der Waals surface area (Å²) in [5.74, 6) is 1.33. The Morgan fingerprint density at radius 2 is 1.65 bits per heavy atom. The van der Waals surface area contributed by atoms with Crippen LogP contribution in [-0.2, 0) is 4.74 Å². The van der Waals surface area contributed by atoms with E-state index in [2.05, 4.69) is 29.5 Å². The van der Waals surface area contributed by atoms with E-state index < -0.39 is 0 Å². The molecule has 0 aliphatic heterocycles. The molecule has 0 atom stereocenters. The second-order valence-electron chi connectivity index (χ2n) is 4.47. The lowest BCUT2D eigenvalue weighted by Gasteiger charge is -2.12. The van der Waals surface area contributed by atoms with Crippen molar-refractivity contribution in [1.82, 2.24) is 4.98 Å². The number of ether oxygens (including phenoxy) is 1. The van der Waals surface area contributed by atoms with Crippen LogP contribution < -0.4 is 10.6 Å². The van der Waals surface area contributed by atoms with Crippen LogP contribution in [0.1, 0.15) is 33.1 Å². The average molecular weight is 320 g/mol. The van der Waals surface area contributed by atoms with Crippen LogP contribution in [0.4, 0.5) is 11.6 Å². The Kier molecular flexibility index (Phi) is 8.74. The maximum absolute atomic E-state index is 6.13. The van der Waals surface area contributed by atoms with Gasteiger partial charge in [-0.25, -0.2) is 4.98 Å². The molecule has 0 amide bonds. The molecule has 1 rings (SSSR count). The molecule has 0 aliphatic carbocycles. The quantitative estimate of drug-likeness (QED) is 0.626. The molecule has 4 nitrogen and oxygen atoms in total. The fourth-order valence-electron chi connectivity index (χ4n) is 1.59. The van der Waals surface area contributed by atoms with Crippen molar-refractivity contribution in [3.63, 3.8) is 0 Å². The van der Waals surface area contributed by atoms with Gasteiger partial charge in [-0.15, -0.1) is 0 Å². The maximum Gasteiger partial charge on any atom is 0.147 e. The summed E-state index contributed by atoms with van der Waals surface area (Å²) >= 11 is 12.2. The lowest BCUT2D eigenvalue weighted by molar-refractivity contribution is 0.134. The van der Waals surface area contributed by atoms with Gasteiger partial charge in [0, 0.05) is 26.3 Å². The summed E-state index contributed by atoms with van der Waals surface area (Å²) in [5, 5.41) is 7.47. The Bertz CT molecular complexity index is 402. The van der Waals surface area contributed by atoms with Crippen LogP contribution in [0.15, 0.2) is 6.07 Å². The van der Waals surface area contributed by atoms with Gasteiger partial charge in [0.05, 0.1) is 10.0 Å². The molecule has 0 fully saturated rings. The molecule has 0 saturated carbocycles. The van der Waals surface area contributed by atoms with Gasteiger partial charge in [0.2, 0.25) is 0 Å². The molecule has 0 unspecified atom stereocenters. The summed E-state index contributed by atoms with van der Waals surface area (Å²) in [7, 11) is 0. The van der Waals surface area contributed by atoms with Crippen LogP contribution in [0.2, 0.25) is 10.0 Å². The van der Waals surface area contributed by atoms with Gasteiger partial charge < -0.3 is 15.4 Å². The zero-order chi connectivity index (χ0) is 14.8. The molecule has 0 radical (unpaired) electrons. The van der Waals surface area contributed by atoms with Crippen LogP contribution in [0.5, 0.6) is 0 Å². The Morgan fingerprint density at radius 1 is 1.00 bits per heavy atom. The van der Waals surface area contributed by atoms with E-state index in [-0.39, 0.29) is 0 Å². The molecule has 0 spiro atoms. The summed E-state index contributed by atoms with van der Waals surface area (Å²) in [6, 6.07) is 1.71. The number of hydrogen-bond donors (Lipinski definition) is 2. The van der Waals surface area contributed by atoms with E-state index in [1.54, 1.807) is 6.07 Å². The standard InChI is InChI=1S/C14H23Cl2N3O/c1-3-6-17-13-11(15)10-12(16)14(19-13)18-7-5-9-20-8-4-2/h10H,3-9H2,1-2H3,(H2,17,18,19). The van der Waals surface area contributed by atoms with Gasteiger partial charge in [0.1, 0.15) is 11.6 Å². The van der Waals surface area contributed by atoms with E-state index in [9.17, 15) is 0 Å². The average Bonchev–Trinajstić information content (AvgIpc) is 2.43. The largest absolute Gasteiger partial charge is 0.381 e. The molecule has 0 aliphatic rings. The highest BCUT2D eigenvalue weighted by Gasteiger charge is 2.08. The van der Waals surface area contributed by atoms with Crippen LogP contribution >= 0.6 is 23.2 Å². The van der Waals surface area contributed by atoms with Gasteiger partial charge in [-0.3, -0.25) is 0 Å². The molecule has 20 heavy (non-hydrogen) atoms. The van der Waals surface area contributed by atoms with E-state index in [1.165, 1.54) is 0 Å². The zero-order valence-corrected chi connectivity index (χ0v) is 13.7. The van der Waals surface area contributed by atoms with E-state index in [1.807, 2.05) is 0 Å². The molecule has 1 aromatic rings. The Morgan fingerprint density at radius 3 is 2.25 bits per heavy atom. The number of nitrogens with one attached hydrogen (secondary N) is 2. The van der Waals surface area contributed by atoms with E-state index >= 15 is 0 Å². The van der Waals surface area contributed by atoms with Crippen molar-refractivity contribution in [2.75, 3.05) is 36.9 Å². The minimum atomic E-state index is 0.534. The van der Waals surface area contributed by atoms with E-state index in [4.69, 9.17) is 27.9 Å². The number of hydrogen-bond acceptors (Lipinski definition) is 4. The van der Waals surface area contributed by atoms with Gasteiger partial charge in [-0.1, -0.05) is 37.0 Å². The van der Waals surface area contributed by atoms with Crippen molar-refractivity contribution in [3.05, 3.63) is 16.1 Å². The van der Waals surface area contributed by atoms with Crippen LogP contribution in [-0.4, -0.2) is 31.3 Å². The summed E-state index contributed by atoms with van der Waals surface area (Å²) in [6.45, 7) is 7.34. The predicted molar refractivity (Wildman–Crippen MR) is 87.3 cm³/mol. The van der Waals surface area contributed by atoms with Crippen molar-refractivity contribution >= 4 is 34.8 Å². The summed E-state index contributed by atoms with van der Waals surface area (Å²) < 4.78 is 5.42. The first-order valence-corrected chi connectivity index (χ1v) is 7.86. The molecular weight excluding hydrogens is 297 g/mol. The second-order valence-corrected chi connectivity index (χ2v) is 5.28. The number of nitrogens with zero attached hydrogens (tertiary/aromatic N) is 1. The lowest BCUT2D eigenvalue weighted by Crippen LogP contribution is -2.09. The topological polar surface area (TPSA) is 46.2 Å². The zero-order valence-electron chi connectivity index (χ0n) is 12.1.